The minimum absolute atomic E-state index is 0.529. The van der Waals surface area contributed by atoms with Gasteiger partial charge in [0.25, 0.3) is 0 Å². The van der Waals surface area contributed by atoms with E-state index in [1.54, 1.807) is 0 Å². The first-order chi connectivity index (χ1) is 7.97. The lowest BCUT2D eigenvalue weighted by Gasteiger charge is -2.38. The summed E-state index contributed by atoms with van der Waals surface area (Å²) >= 11 is 0. The quantitative estimate of drug-likeness (QED) is 0.225. The van der Waals surface area contributed by atoms with Crippen LogP contribution in [0.3, 0.4) is 0 Å². The average molecular weight is 249 g/mol. The largest absolute Gasteiger partial charge is 0.394 e. The topological polar surface area (TPSA) is 158 Å². The summed E-state index contributed by atoms with van der Waals surface area (Å²) in [4.78, 5) is 10.3. The molecule has 17 heavy (non-hydrogen) atoms. The second-order valence-electron chi connectivity index (χ2n) is 3.55. The lowest BCUT2D eigenvalue weighted by atomic mass is 9.96. The van der Waals surface area contributed by atoms with E-state index in [2.05, 4.69) is 5.10 Å². The van der Waals surface area contributed by atoms with Crippen molar-refractivity contribution in [3.8, 4) is 0 Å². The van der Waals surface area contributed by atoms with Crippen molar-refractivity contribution >= 4 is 12.2 Å². The number of nitrogens with zero attached hydrogens (tertiary/aromatic N) is 1. The molecule has 1 heterocycles. The van der Waals surface area contributed by atoms with E-state index in [-0.39, 0.29) is 0 Å². The number of nitrogens with two attached hydrogens (primary N) is 1. The number of urea groups is 1. The third kappa shape index (κ3) is 3.35. The molecule has 9 heteroatoms. The van der Waals surface area contributed by atoms with Gasteiger partial charge in [-0.15, -0.1) is 0 Å². The summed E-state index contributed by atoms with van der Waals surface area (Å²) in [5, 5.41) is 40.7. The summed E-state index contributed by atoms with van der Waals surface area (Å²) in [5.74, 6) is 0. The summed E-state index contributed by atoms with van der Waals surface area (Å²) in [6.45, 7) is -0.529. The Bertz CT molecular complexity index is 297. The van der Waals surface area contributed by atoms with Crippen LogP contribution in [-0.4, -0.2) is 69.8 Å². The monoisotopic (exact) mass is 249 g/mol. The predicted octanol–water partition coefficient (Wildman–Crippen LogP) is -3.52. The fourth-order valence-electron chi connectivity index (χ4n) is 1.43. The van der Waals surface area contributed by atoms with E-state index in [0.29, 0.717) is 0 Å². The summed E-state index contributed by atoms with van der Waals surface area (Å²) in [6, 6.07) is -0.897. The highest BCUT2D eigenvalue weighted by Crippen LogP contribution is 2.19. The van der Waals surface area contributed by atoms with Gasteiger partial charge in [0.15, 0.2) is 0 Å². The van der Waals surface area contributed by atoms with Gasteiger partial charge in [-0.05, 0) is 0 Å². The molecular weight excluding hydrogens is 234 g/mol. The molecule has 1 fully saturated rings. The molecule has 0 radical (unpaired) electrons. The van der Waals surface area contributed by atoms with Crippen LogP contribution in [0.25, 0.3) is 0 Å². The second kappa shape index (κ2) is 5.89. The van der Waals surface area contributed by atoms with E-state index < -0.39 is 43.2 Å². The van der Waals surface area contributed by atoms with Gasteiger partial charge in [0.1, 0.15) is 30.5 Å². The van der Waals surface area contributed by atoms with E-state index in [4.69, 9.17) is 15.6 Å². The smallest absolute Gasteiger partial charge is 0.332 e. The molecule has 5 atom stereocenters. The van der Waals surface area contributed by atoms with Crippen LogP contribution in [0, 0.1) is 0 Å². The lowest BCUT2D eigenvalue weighted by Crippen LogP contribution is -2.59. The maximum absolute atomic E-state index is 10.3. The fourth-order valence-corrected chi connectivity index (χ4v) is 1.43. The van der Waals surface area contributed by atoms with Gasteiger partial charge in [-0.25, -0.2) is 10.2 Å². The highest BCUT2D eigenvalue weighted by molar-refractivity contribution is 5.73. The zero-order valence-corrected chi connectivity index (χ0v) is 8.80. The van der Waals surface area contributed by atoms with Crippen LogP contribution in [0.1, 0.15) is 0 Å². The number of hydrogen-bond donors (Lipinski definition) is 6. The molecule has 1 rings (SSSR count). The molecule has 1 aliphatic rings. The fraction of sp³-hybridized carbons (Fsp3) is 0.750. The third-order valence-corrected chi connectivity index (χ3v) is 2.33. The number of aliphatic hydroxyl groups excluding tert-OH is 4. The van der Waals surface area contributed by atoms with Crippen LogP contribution in [-0.2, 0) is 4.74 Å². The number of carbonyl (C=O) groups is 1. The molecule has 1 aliphatic heterocycles. The van der Waals surface area contributed by atoms with Crippen molar-refractivity contribution in [2.24, 2.45) is 10.8 Å². The van der Waals surface area contributed by atoms with E-state index in [1.807, 2.05) is 5.43 Å². The zero-order valence-electron chi connectivity index (χ0n) is 8.80. The molecule has 1 saturated heterocycles. The van der Waals surface area contributed by atoms with Gasteiger partial charge in [0.05, 0.1) is 12.8 Å². The second-order valence-corrected chi connectivity index (χ2v) is 3.55. The molecular formula is C8H15N3O6. The number of nitrogens with one attached hydrogen (secondary N) is 1. The Morgan fingerprint density at radius 1 is 1.35 bits per heavy atom. The molecule has 0 aromatic heterocycles. The molecule has 0 unspecified atom stereocenters. The molecule has 0 aliphatic carbocycles. The third-order valence-electron chi connectivity index (χ3n) is 2.33. The minimum atomic E-state index is -1.48. The summed E-state index contributed by atoms with van der Waals surface area (Å²) in [6.07, 6.45) is -5.41. The molecule has 2 amide bonds. The SMILES string of the molecule is NC(=O)N/N=C/[C@@H]1O[C@H](CO)[C@@H](O)[C@H](O)[C@H]1O. The van der Waals surface area contributed by atoms with Gasteiger partial charge in [-0.1, -0.05) is 0 Å². The van der Waals surface area contributed by atoms with Crippen molar-refractivity contribution in [3.05, 3.63) is 0 Å². The minimum Gasteiger partial charge on any atom is -0.394 e. The van der Waals surface area contributed by atoms with Gasteiger partial charge in [-0.2, -0.15) is 5.10 Å². The van der Waals surface area contributed by atoms with Crippen molar-refractivity contribution < 1.29 is 30.0 Å². The van der Waals surface area contributed by atoms with Crippen molar-refractivity contribution in [3.63, 3.8) is 0 Å². The first-order valence-corrected chi connectivity index (χ1v) is 4.86. The Labute approximate surface area is 96.5 Å². The van der Waals surface area contributed by atoms with Crippen molar-refractivity contribution in [1.82, 2.24) is 5.43 Å². The van der Waals surface area contributed by atoms with Crippen LogP contribution < -0.4 is 11.2 Å². The van der Waals surface area contributed by atoms with E-state index in [1.165, 1.54) is 0 Å². The molecule has 0 saturated carbocycles. The number of amides is 2. The van der Waals surface area contributed by atoms with Crippen LogP contribution in [0.15, 0.2) is 5.10 Å². The standard InChI is InChI=1S/C8H15N3O6/c9-8(16)11-10-1-3-5(13)7(15)6(14)4(2-12)17-3/h1,3-7,12-15H,2H2,(H3,9,11,16)/b10-1+/t3-,4+,5-,6+,7+/m0/s1. The Kier molecular flexibility index (Phi) is 4.78. The Balaban J connectivity index is 2.65. The highest BCUT2D eigenvalue weighted by atomic mass is 16.5. The van der Waals surface area contributed by atoms with E-state index in [9.17, 15) is 20.1 Å². The van der Waals surface area contributed by atoms with Crippen LogP contribution >= 0.6 is 0 Å². The van der Waals surface area contributed by atoms with Crippen LogP contribution in [0.5, 0.6) is 0 Å². The van der Waals surface area contributed by atoms with Crippen LogP contribution in [0.4, 0.5) is 4.79 Å². The Morgan fingerprint density at radius 2 is 2.00 bits per heavy atom. The predicted molar refractivity (Wildman–Crippen MR) is 55.0 cm³/mol. The van der Waals surface area contributed by atoms with E-state index >= 15 is 0 Å². The number of primary amides is 1. The van der Waals surface area contributed by atoms with Crippen LogP contribution in [0.2, 0.25) is 0 Å². The van der Waals surface area contributed by atoms with Gasteiger partial charge in [-0.3, -0.25) is 0 Å². The van der Waals surface area contributed by atoms with Crippen molar-refractivity contribution in [2.45, 2.75) is 30.5 Å². The molecule has 9 nitrogen and oxygen atoms in total. The molecule has 0 spiro atoms. The highest BCUT2D eigenvalue weighted by Gasteiger charge is 2.42. The van der Waals surface area contributed by atoms with Gasteiger partial charge >= 0.3 is 6.03 Å². The molecule has 7 N–H and O–H groups in total. The summed E-state index contributed by atoms with van der Waals surface area (Å²) in [5.41, 5.74) is 6.63. The molecule has 0 bridgehead atoms. The molecule has 0 aromatic rings. The summed E-state index contributed by atoms with van der Waals surface area (Å²) < 4.78 is 5.06. The molecule has 0 aromatic carbocycles. The number of aliphatic hydroxyl groups is 4. The van der Waals surface area contributed by atoms with Crippen molar-refractivity contribution in [2.75, 3.05) is 6.61 Å². The van der Waals surface area contributed by atoms with Gasteiger partial charge in [0, 0.05) is 0 Å². The van der Waals surface area contributed by atoms with Gasteiger partial charge in [0.2, 0.25) is 0 Å². The number of carbonyl (C=O) groups excluding carboxylic acids is 1. The van der Waals surface area contributed by atoms with Crippen molar-refractivity contribution in [1.29, 1.82) is 0 Å². The van der Waals surface area contributed by atoms with Gasteiger partial charge < -0.3 is 30.9 Å². The first kappa shape index (κ1) is 13.8. The van der Waals surface area contributed by atoms with E-state index in [0.717, 1.165) is 6.21 Å². The number of hydrogen-bond acceptors (Lipinski definition) is 7. The Morgan fingerprint density at radius 3 is 2.53 bits per heavy atom. The molecule has 98 valence electrons. The number of rotatable bonds is 3. The normalized spacial score (nSPS) is 38.2. The number of ether oxygens (including phenoxy) is 1. The first-order valence-electron chi connectivity index (χ1n) is 4.86. The summed E-state index contributed by atoms with van der Waals surface area (Å²) in [7, 11) is 0. The lowest BCUT2D eigenvalue weighted by molar-refractivity contribution is -0.210. The maximum Gasteiger partial charge on any atom is 0.332 e. The average Bonchev–Trinajstić information content (AvgIpc) is 2.29. The number of hydrazone groups is 1. The zero-order chi connectivity index (χ0) is 13.0. The maximum atomic E-state index is 10.3. The Hall–Kier alpha value is -1.26.